The number of benzene rings is 1. The van der Waals surface area contributed by atoms with Crippen molar-refractivity contribution in [1.82, 2.24) is 15.5 Å². The van der Waals surface area contributed by atoms with Crippen molar-refractivity contribution in [3.63, 3.8) is 0 Å². The normalized spacial score (nSPS) is 13.5. The standard InChI is InChI=1S/C17H25N3O4/c1-23-14-5-6-15(24-2)13(11-14)7-8-18-17(22)19-12-16(21)20-9-3-4-10-20/h5-6,11H,3-4,7-10,12H2,1-2H3,(H2,18,19,22). The summed E-state index contributed by atoms with van der Waals surface area (Å²) < 4.78 is 10.5. The van der Waals surface area contributed by atoms with E-state index in [9.17, 15) is 9.59 Å². The highest BCUT2D eigenvalue weighted by molar-refractivity contribution is 5.84. The van der Waals surface area contributed by atoms with E-state index in [4.69, 9.17) is 9.47 Å². The Morgan fingerprint density at radius 1 is 1.12 bits per heavy atom. The van der Waals surface area contributed by atoms with Gasteiger partial charge >= 0.3 is 6.03 Å². The summed E-state index contributed by atoms with van der Waals surface area (Å²) in [6, 6.07) is 5.20. The molecule has 1 aromatic rings. The summed E-state index contributed by atoms with van der Waals surface area (Å²) >= 11 is 0. The molecule has 2 N–H and O–H groups in total. The molecule has 0 aromatic heterocycles. The molecular weight excluding hydrogens is 310 g/mol. The maximum Gasteiger partial charge on any atom is 0.315 e. The predicted molar refractivity (Wildman–Crippen MR) is 90.5 cm³/mol. The first-order valence-corrected chi connectivity index (χ1v) is 8.14. The summed E-state index contributed by atoms with van der Waals surface area (Å²) in [5, 5.41) is 5.35. The Morgan fingerprint density at radius 3 is 2.54 bits per heavy atom. The van der Waals surface area contributed by atoms with Crippen molar-refractivity contribution in [1.29, 1.82) is 0 Å². The molecule has 2 rings (SSSR count). The zero-order valence-corrected chi connectivity index (χ0v) is 14.3. The molecule has 0 radical (unpaired) electrons. The second kappa shape index (κ2) is 9.00. The van der Waals surface area contributed by atoms with Gasteiger partial charge in [0.15, 0.2) is 0 Å². The van der Waals surface area contributed by atoms with Gasteiger partial charge in [0.1, 0.15) is 11.5 Å². The van der Waals surface area contributed by atoms with Gasteiger partial charge in [-0.3, -0.25) is 4.79 Å². The largest absolute Gasteiger partial charge is 0.497 e. The Kier molecular flexibility index (Phi) is 6.72. The highest BCUT2D eigenvalue weighted by atomic mass is 16.5. The number of hydrogen-bond donors (Lipinski definition) is 2. The van der Waals surface area contributed by atoms with Crippen molar-refractivity contribution in [2.75, 3.05) is 40.4 Å². The summed E-state index contributed by atoms with van der Waals surface area (Å²) in [7, 11) is 3.21. The molecule has 0 aliphatic carbocycles. The van der Waals surface area contributed by atoms with Gasteiger partial charge in [0.25, 0.3) is 0 Å². The number of carbonyl (C=O) groups is 2. The Hall–Kier alpha value is -2.44. The van der Waals surface area contributed by atoms with Crippen molar-refractivity contribution < 1.29 is 19.1 Å². The predicted octanol–water partition coefficient (Wildman–Crippen LogP) is 1.17. The Bertz CT molecular complexity index is 571. The minimum Gasteiger partial charge on any atom is -0.497 e. The fourth-order valence-electron chi connectivity index (χ4n) is 2.68. The van der Waals surface area contributed by atoms with Crippen LogP contribution in [0, 0.1) is 0 Å². The molecule has 0 saturated carbocycles. The molecule has 0 atom stereocenters. The molecule has 1 aliphatic heterocycles. The molecule has 7 nitrogen and oxygen atoms in total. The maximum absolute atomic E-state index is 11.9. The average Bonchev–Trinajstić information content (AvgIpc) is 3.14. The van der Waals surface area contributed by atoms with Gasteiger partial charge in [-0.05, 0) is 43.0 Å². The van der Waals surface area contributed by atoms with E-state index >= 15 is 0 Å². The smallest absolute Gasteiger partial charge is 0.315 e. The van der Waals surface area contributed by atoms with Crippen LogP contribution in [-0.4, -0.2) is 57.2 Å². The van der Waals surface area contributed by atoms with Gasteiger partial charge in [-0.2, -0.15) is 0 Å². The van der Waals surface area contributed by atoms with E-state index in [0.29, 0.717) is 13.0 Å². The van der Waals surface area contributed by atoms with Crippen molar-refractivity contribution in [3.05, 3.63) is 23.8 Å². The van der Waals surface area contributed by atoms with Gasteiger partial charge in [0.05, 0.1) is 20.8 Å². The SMILES string of the molecule is COc1ccc(OC)c(CCNC(=O)NCC(=O)N2CCCC2)c1. The van der Waals surface area contributed by atoms with Crippen LogP contribution in [0.4, 0.5) is 4.79 Å². The minimum atomic E-state index is -0.343. The van der Waals surface area contributed by atoms with Gasteiger partial charge in [-0.15, -0.1) is 0 Å². The molecule has 3 amide bonds. The Balaban J connectivity index is 1.73. The second-order valence-corrected chi connectivity index (χ2v) is 5.63. The monoisotopic (exact) mass is 335 g/mol. The summed E-state index contributed by atoms with van der Waals surface area (Å²) in [5.74, 6) is 1.46. The molecular formula is C17H25N3O4. The summed E-state index contributed by atoms with van der Waals surface area (Å²) in [4.78, 5) is 25.4. The summed E-state index contributed by atoms with van der Waals surface area (Å²) in [5.41, 5.74) is 0.949. The van der Waals surface area contributed by atoms with Crippen LogP contribution < -0.4 is 20.1 Å². The van der Waals surface area contributed by atoms with Crippen LogP contribution in [0.1, 0.15) is 18.4 Å². The molecule has 7 heteroatoms. The van der Waals surface area contributed by atoms with Crippen LogP contribution in [0.25, 0.3) is 0 Å². The number of carbonyl (C=O) groups excluding carboxylic acids is 2. The first-order chi connectivity index (χ1) is 11.6. The lowest BCUT2D eigenvalue weighted by atomic mass is 10.1. The van der Waals surface area contributed by atoms with Gasteiger partial charge in [-0.25, -0.2) is 4.79 Å². The Labute approximate surface area is 142 Å². The van der Waals surface area contributed by atoms with Crippen LogP contribution >= 0.6 is 0 Å². The number of likely N-dealkylation sites (tertiary alicyclic amines) is 1. The second-order valence-electron chi connectivity index (χ2n) is 5.63. The first-order valence-electron chi connectivity index (χ1n) is 8.14. The van der Waals surface area contributed by atoms with E-state index in [1.165, 1.54) is 0 Å². The van der Waals surface area contributed by atoms with E-state index < -0.39 is 0 Å². The van der Waals surface area contributed by atoms with Crippen LogP contribution in [-0.2, 0) is 11.2 Å². The molecule has 1 aromatic carbocycles. The van der Waals surface area contributed by atoms with Crippen molar-refractivity contribution in [3.8, 4) is 11.5 Å². The van der Waals surface area contributed by atoms with Gasteiger partial charge in [-0.1, -0.05) is 0 Å². The summed E-state index contributed by atoms with van der Waals surface area (Å²) in [6.07, 6.45) is 2.69. The third-order valence-electron chi connectivity index (χ3n) is 4.03. The lowest BCUT2D eigenvalue weighted by molar-refractivity contribution is -0.128. The molecule has 1 aliphatic rings. The van der Waals surface area contributed by atoms with E-state index in [0.717, 1.165) is 43.0 Å². The average molecular weight is 335 g/mol. The van der Waals surface area contributed by atoms with E-state index in [1.54, 1.807) is 19.1 Å². The zero-order chi connectivity index (χ0) is 17.4. The van der Waals surface area contributed by atoms with E-state index in [1.807, 2.05) is 18.2 Å². The number of nitrogens with one attached hydrogen (secondary N) is 2. The molecule has 132 valence electrons. The fraction of sp³-hybridized carbons (Fsp3) is 0.529. The van der Waals surface area contributed by atoms with E-state index in [-0.39, 0.29) is 18.5 Å². The van der Waals surface area contributed by atoms with Crippen molar-refractivity contribution in [2.45, 2.75) is 19.3 Å². The van der Waals surface area contributed by atoms with Gasteiger partial charge in [0.2, 0.25) is 5.91 Å². The van der Waals surface area contributed by atoms with Crippen LogP contribution in [0.2, 0.25) is 0 Å². The number of urea groups is 1. The van der Waals surface area contributed by atoms with Crippen LogP contribution in [0.3, 0.4) is 0 Å². The van der Waals surface area contributed by atoms with Crippen LogP contribution in [0.5, 0.6) is 11.5 Å². The molecule has 0 spiro atoms. The topological polar surface area (TPSA) is 79.9 Å². The molecule has 0 unspecified atom stereocenters. The highest BCUT2D eigenvalue weighted by Gasteiger charge is 2.17. The van der Waals surface area contributed by atoms with Gasteiger partial charge < -0.3 is 25.0 Å². The van der Waals surface area contributed by atoms with E-state index in [2.05, 4.69) is 10.6 Å². The van der Waals surface area contributed by atoms with Crippen molar-refractivity contribution in [2.24, 2.45) is 0 Å². The van der Waals surface area contributed by atoms with Gasteiger partial charge in [0, 0.05) is 19.6 Å². The quantitative estimate of drug-likeness (QED) is 0.784. The lowest BCUT2D eigenvalue weighted by Crippen LogP contribution is -2.43. The Morgan fingerprint density at radius 2 is 1.88 bits per heavy atom. The molecule has 1 fully saturated rings. The molecule has 1 saturated heterocycles. The zero-order valence-electron chi connectivity index (χ0n) is 14.3. The number of methoxy groups -OCH3 is 2. The van der Waals surface area contributed by atoms with Crippen molar-refractivity contribution >= 4 is 11.9 Å². The minimum absolute atomic E-state index is 0.0304. The first kappa shape index (κ1) is 17.9. The highest BCUT2D eigenvalue weighted by Crippen LogP contribution is 2.24. The number of hydrogen-bond acceptors (Lipinski definition) is 4. The number of rotatable bonds is 7. The number of ether oxygens (including phenoxy) is 2. The third-order valence-corrected chi connectivity index (χ3v) is 4.03. The number of nitrogens with zero attached hydrogens (tertiary/aromatic N) is 1. The number of amides is 3. The fourth-order valence-corrected chi connectivity index (χ4v) is 2.68. The summed E-state index contributed by atoms with van der Waals surface area (Å²) in [6.45, 7) is 2.05. The third kappa shape index (κ3) is 5.04. The molecule has 0 bridgehead atoms. The molecule has 24 heavy (non-hydrogen) atoms. The molecule has 1 heterocycles. The maximum atomic E-state index is 11.9. The van der Waals surface area contributed by atoms with Crippen LogP contribution in [0.15, 0.2) is 18.2 Å². The lowest BCUT2D eigenvalue weighted by Gasteiger charge is -2.15.